The van der Waals surface area contributed by atoms with Gasteiger partial charge in [0.1, 0.15) is 18.2 Å². The number of hydrogen-bond donors (Lipinski definition) is 3. The highest BCUT2D eigenvalue weighted by Crippen LogP contribution is 2.29. The number of aryl methyl sites for hydroxylation is 1. The number of para-hydroxylation sites is 1. The summed E-state index contributed by atoms with van der Waals surface area (Å²) < 4.78 is 6.10. The topological polar surface area (TPSA) is 88.8 Å². The van der Waals surface area contributed by atoms with Crippen LogP contribution >= 0.6 is 0 Å². The van der Waals surface area contributed by atoms with Crippen molar-refractivity contribution in [2.45, 2.75) is 26.9 Å². The Kier molecular flexibility index (Phi) is 6.35. The van der Waals surface area contributed by atoms with Gasteiger partial charge in [-0.25, -0.2) is 4.98 Å². The van der Waals surface area contributed by atoms with E-state index in [0.717, 1.165) is 45.7 Å². The van der Waals surface area contributed by atoms with Crippen molar-refractivity contribution >= 4 is 22.7 Å². The van der Waals surface area contributed by atoms with E-state index in [1.165, 1.54) is 16.7 Å². The van der Waals surface area contributed by atoms with Crippen molar-refractivity contribution in [3.63, 3.8) is 0 Å². The molecule has 5 aromatic rings. The molecule has 0 saturated heterocycles. The zero-order chi connectivity index (χ0) is 24.2. The average Bonchev–Trinajstić information content (AvgIpc) is 3.28. The largest absolute Gasteiger partial charge is 0.487 e. The van der Waals surface area contributed by atoms with Crippen molar-refractivity contribution in [3.05, 3.63) is 101 Å². The van der Waals surface area contributed by atoms with Crippen LogP contribution in [-0.4, -0.2) is 21.5 Å². The van der Waals surface area contributed by atoms with Crippen molar-refractivity contribution in [1.82, 2.24) is 15.0 Å². The summed E-state index contributed by atoms with van der Waals surface area (Å²) >= 11 is 0. The molecular formula is C29H29N5O. The summed E-state index contributed by atoms with van der Waals surface area (Å²) in [4.78, 5) is 12.2. The lowest BCUT2D eigenvalue weighted by Crippen LogP contribution is -2.08. The van der Waals surface area contributed by atoms with Gasteiger partial charge in [0.05, 0.1) is 11.2 Å². The summed E-state index contributed by atoms with van der Waals surface area (Å²) in [6.07, 6.45) is 2.88. The van der Waals surface area contributed by atoms with Gasteiger partial charge in [0, 0.05) is 29.8 Å². The van der Waals surface area contributed by atoms with E-state index in [2.05, 4.69) is 70.6 Å². The van der Waals surface area contributed by atoms with E-state index in [1.807, 2.05) is 42.5 Å². The smallest absolute Gasteiger partial charge is 0.222 e. The quantitative estimate of drug-likeness (QED) is 0.260. The number of nitrogens with one attached hydrogen (secondary N) is 2. The first-order chi connectivity index (χ1) is 17.1. The third-order valence-corrected chi connectivity index (χ3v) is 6.32. The van der Waals surface area contributed by atoms with E-state index in [0.29, 0.717) is 13.2 Å². The van der Waals surface area contributed by atoms with Gasteiger partial charge in [0.25, 0.3) is 0 Å². The molecule has 2 aromatic heterocycles. The number of anilines is 2. The SMILES string of the molecule is Cc1cccc(-c2cc(NCCc3c[nH]c4c(OCc5ccccc5)cccc34)nc(N)n2)c1C. The van der Waals surface area contributed by atoms with Crippen LogP contribution < -0.4 is 15.8 Å². The molecule has 0 aliphatic rings. The maximum atomic E-state index is 6.10. The predicted octanol–water partition coefficient (Wildman–Crippen LogP) is 6.06. The molecule has 0 amide bonds. The highest BCUT2D eigenvalue weighted by atomic mass is 16.5. The first-order valence-corrected chi connectivity index (χ1v) is 11.8. The number of nitrogen functional groups attached to an aromatic ring is 1. The highest BCUT2D eigenvalue weighted by molar-refractivity contribution is 5.88. The number of hydrogen-bond acceptors (Lipinski definition) is 5. The zero-order valence-corrected chi connectivity index (χ0v) is 20.0. The van der Waals surface area contributed by atoms with Crippen LogP contribution in [0.15, 0.2) is 79.0 Å². The van der Waals surface area contributed by atoms with Gasteiger partial charge in [0.2, 0.25) is 5.95 Å². The summed E-state index contributed by atoms with van der Waals surface area (Å²) in [5, 5.41) is 4.58. The van der Waals surface area contributed by atoms with Gasteiger partial charge in [-0.05, 0) is 48.6 Å². The highest BCUT2D eigenvalue weighted by Gasteiger charge is 2.11. The Morgan fingerprint density at radius 3 is 2.63 bits per heavy atom. The lowest BCUT2D eigenvalue weighted by Gasteiger charge is -2.11. The van der Waals surface area contributed by atoms with Crippen LogP contribution in [-0.2, 0) is 13.0 Å². The van der Waals surface area contributed by atoms with Gasteiger partial charge in [-0.2, -0.15) is 4.98 Å². The molecule has 5 rings (SSSR count). The van der Waals surface area contributed by atoms with Crippen molar-refractivity contribution in [2.24, 2.45) is 0 Å². The Bertz CT molecular complexity index is 1460. The average molecular weight is 464 g/mol. The van der Waals surface area contributed by atoms with Gasteiger partial charge in [0.15, 0.2) is 0 Å². The van der Waals surface area contributed by atoms with Gasteiger partial charge >= 0.3 is 0 Å². The molecule has 4 N–H and O–H groups in total. The Morgan fingerprint density at radius 2 is 1.77 bits per heavy atom. The monoisotopic (exact) mass is 463 g/mol. The molecule has 0 spiro atoms. The lowest BCUT2D eigenvalue weighted by atomic mass is 10.0. The number of nitrogens with two attached hydrogens (primary N) is 1. The van der Waals surface area contributed by atoms with E-state index in [1.54, 1.807) is 0 Å². The van der Waals surface area contributed by atoms with Gasteiger partial charge < -0.3 is 20.8 Å². The van der Waals surface area contributed by atoms with Crippen LogP contribution in [0.5, 0.6) is 5.75 Å². The van der Waals surface area contributed by atoms with Gasteiger partial charge in [-0.1, -0.05) is 60.7 Å². The standard InChI is InChI=1S/C29H29N5O/c1-19-8-6-11-23(20(19)2)25-16-27(34-29(30)33-25)31-15-14-22-17-32-28-24(22)12-7-13-26(28)35-18-21-9-4-3-5-10-21/h3-13,16-17,32H,14-15,18H2,1-2H3,(H3,30,31,33,34). The number of fused-ring (bicyclic) bond motifs is 1. The van der Waals surface area contributed by atoms with Crippen molar-refractivity contribution < 1.29 is 4.74 Å². The minimum atomic E-state index is 0.262. The van der Waals surface area contributed by atoms with Crippen LogP contribution in [0.3, 0.4) is 0 Å². The molecule has 0 radical (unpaired) electrons. The van der Waals surface area contributed by atoms with Crippen LogP contribution in [0, 0.1) is 13.8 Å². The van der Waals surface area contributed by atoms with E-state index < -0.39 is 0 Å². The molecule has 3 aromatic carbocycles. The van der Waals surface area contributed by atoms with E-state index in [4.69, 9.17) is 10.5 Å². The number of nitrogens with zero attached hydrogens (tertiary/aromatic N) is 2. The van der Waals surface area contributed by atoms with Crippen LogP contribution in [0.2, 0.25) is 0 Å². The molecule has 2 heterocycles. The summed E-state index contributed by atoms with van der Waals surface area (Å²) in [6.45, 7) is 5.45. The molecule has 0 atom stereocenters. The Labute approximate surface area is 205 Å². The van der Waals surface area contributed by atoms with Gasteiger partial charge in [-0.3, -0.25) is 0 Å². The molecule has 0 aliphatic heterocycles. The molecular weight excluding hydrogens is 434 g/mol. The van der Waals surface area contributed by atoms with Crippen molar-refractivity contribution in [3.8, 4) is 17.0 Å². The van der Waals surface area contributed by atoms with Crippen molar-refractivity contribution in [1.29, 1.82) is 0 Å². The zero-order valence-electron chi connectivity index (χ0n) is 20.0. The normalized spacial score (nSPS) is 11.0. The molecule has 6 heteroatoms. The van der Waals surface area contributed by atoms with Crippen LogP contribution in [0.1, 0.15) is 22.3 Å². The summed E-state index contributed by atoms with van der Waals surface area (Å²) in [6, 6.07) is 24.5. The Hall–Kier alpha value is -4.32. The minimum Gasteiger partial charge on any atom is -0.487 e. The van der Waals surface area contributed by atoms with E-state index in [-0.39, 0.29) is 5.95 Å². The van der Waals surface area contributed by atoms with Crippen LogP contribution in [0.25, 0.3) is 22.2 Å². The van der Waals surface area contributed by atoms with Gasteiger partial charge in [-0.15, -0.1) is 0 Å². The summed E-state index contributed by atoms with van der Waals surface area (Å²) in [5.74, 6) is 1.84. The molecule has 0 saturated carbocycles. The molecule has 6 nitrogen and oxygen atoms in total. The first kappa shape index (κ1) is 22.5. The van der Waals surface area contributed by atoms with Crippen LogP contribution in [0.4, 0.5) is 11.8 Å². The first-order valence-electron chi connectivity index (χ1n) is 11.8. The maximum Gasteiger partial charge on any atom is 0.222 e. The molecule has 0 bridgehead atoms. The van der Waals surface area contributed by atoms with E-state index in [9.17, 15) is 0 Å². The number of benzene rings is 3. The second-order valence-corrected chi connectivity index (χ2v) is 8.69. The molecule has 35 heavy (non-hydrogen) atoms. The molecule has 0 fully saturated rings. The number of aromatic nitrogens is 3. The molecule has 176 valence electrons. The van der Waals surface area contributed by atoms with E-state index >= 15 is 0 Å². The fourth-order valence-electron chi connectivity index (χ4n) is 4.30. The Morgan fingerprint density at radius 1 is 0.943 bits per heavy atom. The second kappa shape index (κ2) is 9.89. The third kappa shape index (κ3) is 4.96. The lowest BCUT2D eigenvalue weighted by molar-refractivity contribution is 0.309. The second-order valence-electron chi connectivity index (χ2n) is 8.69. The predicted molar refractivity (Wildman–Crippen MR) is 143 cm³/mol. The van der Waals surface area contributed by atoms with Crippen molar-refractivity contribution in [2.75, 3.05) is 17.6 Å². The summed E-state index contributed by atoms with van der Waals surface area (Å²) in [5.41, 5.74) is 13.7. The number of rotatable bonds is 8. The fourth-order valence-corrected chi connectivity index (χ4v) is 4.30. The summed E-state index contributed by atoms with van der Waals surface area (Å²) in [7, 11) is 0. The Balaban J connectivity index is 1.28. The third-order valence-electron chi connectivity index (χ3n) is 6.32. The number of aromatic amines is 1. The number of ether oxygens (including phenoxy) is 1. The molecule has 0 aliphatic carbocycles. The number of H-pyrrole nitrogens is 1. The fraction of sp³-hybridized carbons (Fsp3) is 0.172. The minimum absolute atomic E-state index is 0.262. The molecule has 0 unspecified atom stereocenters. The maximum absolute atomic E-state index is 6.10.